The summed E-state index contributed by atoms with van der Waals surface area (Å²) in [6, 6.07) is 9.15. The molecule has 1 saturated heterocycles. The molecule has 0 radical (unpaired) electrons. The second-order valence-corrected chi connectivity index (χ2v) is 5.02. The average molecular weight is 292 g/mol. The van der Waals surface area contributed by atoms with Crippen molar-refractivity contribution in [2.75, 3.05) is 26.2 Å². The summed E-state index contributed by atoms with van der Waals surface area (Å²) in [5.74, 6) is -0.527. The maximum Gasteiger partial charge on any atom is 0.317 e. The summed E-state index contributed by atoms with van der Waals surface area (Å²) >= 11 is 0. The summed E-state index contributed by atoms with van der Waals surface area (Å²) in [5.41, 5.74) is 0. The standard InChI is InChI=1S/C15H20N2O4/c18-14(19)12-5-4-9-17(11-12)15(20)16-8-10-21-13-6-2-1-3-7-13/h1-3,6-7,12H,4-5,8-11H2,(H,16,20)(H,18,19). The van der Waals surface area contributed by atoms with Gasteiger partial charge in [-0.3, -0.25) is 4.79 Å². The van der Waals surface area contributed by atoms with Gasteiger partial charge in [0.2, 0.25) is 0 Å². The van der Waals surface area contributed by atoms with E-state index in [1.165, 1.54) is 0 Å². The Hall–Kier alpha value is -2.24. The van der Waals surface area contributed by atoms with E-state index in [0.29, 0.717) is 26.1 Å². The third kappa shape index (κ3) is 4.66. The van der Waals surface area contributed by atoms with Crippen LogP contribution >= 0.6 is 0 Å². The molecule has 6 heteroatoms. The monoisotopic (exact) mass is 292 g/mol. The lowest BCUT2D eigenvalue weighted by atomic mass is 9.99. The average Bonchev–Trinajstić information content (AvgIpc) is 2.52. The van der Waals surface area contributed by atoms with Gasteiger partial charge in [-0.1, -0.05) is 18.2 Å². The number of para-hydroxylation sites is 1. The maximum absolute atomic E-state index is 11.9. The predicted molar refractivity (Wildman–Crippen MR) is 77.3 cm³/mol. The number of amides is 2. The number of carbonyl (C=O) groups excluding carboxylic acids is 1. The van der Waals surface area contributed by atoms with E-state index in [9.17, 15) is 9.59 Å². The molecule has 1 fully saturated rings. The van der Waals surface area contributed by atoms with Gasteiger partial charge in [-0.05, 0) is 25.0 Å². The van der Waals surface area contributed by atoms with Crippen molar-refractivity contribution in [1.29, 1.82) is 0 Å². The molecule has 0 aliphatic carbocycles. The number of ether oxygens (including phenoxy) is 1. The third-order valence-electron chi connectivity index (χ3n) is 3.45. The molecule has 0 saturated carbocycles. The van der Waals surface area contributed by atoms with E-state index < -0.39 is 11.9 Å². The van der Waals surface area contributed by atoms with Crippen molar-refractivity contribution in [3.05, 3.63) is 30.3 Å². The smallest absolute Gasteiger partial charge is 0.317 e. The highest BCUT2D eigenvalue weighted by atomic mass is 16.5. The highest BCUT2D eigenvalue weighted by molar-refractivity contribution is 5.76. The number of piperidine rings is 1. The van der Waals surface area contributed by atoms with Crippen LogP contribution in [0.15, 0.2) is 30.3 Å². The van der Waals surface area contributed by atoms with E-state index in [4.69, 9.17) is 9.84 Å². The van der Waals surface area contributed by atoms with E-state index in [0.717, 1.165) is 12.2 Å². The van der Waals surface area contributed by atoms with Gasteiger partial charge >= 0.3 is 12.0 Å². The molecule has 0 aromatic heterocycles. The van der Waals surface area contributed by atoms with Crippen LogP contribution in [0.1, 0.15) is 12.8 Å². The number of hydrogen-bond donors (Lipinski definition) is 2. The van der Waals surface area contributed by atoms with Crippen molar-refractivity contribution in [2.24, 2.45) is 5.92 Å². The molecule has 1 aliphatic rings. The van der Waals surface area contributed by atoms with Gasteiger partial charge in [0.05, 0.1) is 12.5 Å². The topological polar surface area (TPSA) is 78.9 Å². The number of nitrogens with one attached hydrogen (secondary N) is 1. The number of likely N-dealkylation sites (tertiary alicyclic amines) is 1. The molecule has 2 rings (SSSR count). The molecule has 1 atom stereocenters. The van der Waals surface area contributed by atoms with E-state index in [2.05, 4.69) is 5.32 Å². The van der Waals surface area contributed by atoms with Gasteiger partial charge in [0.25, 0.3) is 0 Å². The zero-order valence-corrected chi connectivity index (χ0v) is 11.8. The number of nitrogens with zero attached hydrogens (tertiary/aromatic N) is 1. The van der Waals surface area contributed by atoms with Crippen LogP contribution < -0.4 is 10.1 Å². The minimum absolute atomic E-state index is 0.224. The van der Waals surface area contributed by atoms with Crippen LogP contribution in [0, 0.1) is 5.92 Å². The van der Waals surface area contributed by atoms with Crippen molar-refractivity contribution in [3.63, 3.8) is 0 Å². The van der Waals surface area contributed by atoms with Gasteiger partial charge in [0, 0.05) is 13.1 Å². The molecule has 114 valence electrons. The Morgan fingerprint density at radius 1 is 1.33 bits per heavy atom. The molecule has 2 amide bonds. The third-order valence-corrected chi connectivity index (χ3v) is 3.45. The molecule has 2 N–H and O–H groups in total. The predicted octanol–water partition coefficient (Wildman–Crippen LogP) is 1.57. The Kier molecular flexibility index (Phi) is 5.43. The van der Waals surface area contributed by atoms with Gasteiger partial charge in [-0.2, -0.15) is 0 Å². The van der Waals surface area contributed by atoms with Gasteiger partial charge < -0.3 is 20.1 Å². The second-order valence-electron chi connectivity index (χ2n) is 5.02. The molecule has 1 aliphatic heterocycles. The van der Waals surface area contributed by atoms with Crippen molar-refractivity contribution < 1.29 is 19.4 Å². The lowest BCUT2D eigenvalue weighted by molar-refractivity contribution is -0.143. The summed E-state index contributed by atoms with van der Waals surface area (Å²) in [6.45, 7) is 1.66. The molecule has 1 aromatic rings. The van der Waals surface area contributed by atoms with Gasteiger partial charge in [-0.15, -0.1) is 0 Å². The molecule has 1 unspecified atom stereocenters. The van der Waals surface area contributed by atoms with E-state index in [1.54, 1.807) is 4.90 Å². The Morgan fingerprint density at radius 2 is 2.10 bits per heavy atom. The Labute approximate surface area is 123 Å². The summed E-state index contributed by atoms with van der Waals surface area (Å²) in [6.07, 6.45) is 1.36. The lowest BCUT2D eigenvalue weighted by Crippen LogP contribution is -2.47. The van der Waals surface area contributed by atoms with Gasteiger partial charge in [0.15, 0.2) is 0 Å². The number of aliphatic carboxylic acids is 1. The first-order valence-corrected chi connectivity index (χ1v) is 7.10. The summed E-state index contributed by atoms with van der Waals surface area (Å²) < 4.78 is 5.48. The molecule has 1 aromatic carbocycles. The minimum Gasteiger partial charge on any atom is -0.492 e. The fraction of sp³-hybridized carbons (Fsp3) is 0.467. The molecule has 21 heavy (non-hydrogen) atoms. The zero-order chi connectivity index (χ0) is 15.1. The quantitative estimate of drug-likeness (QED) is 0.807. The number of carboxylic acid groups (broad SMARTS) is 1. The minimum atomic E-state index is -0.833. The SMILES string of the molecule is O=C(O)C1CCCN(C(=O)NCCOc2ccccc2)C1. The lowest BCUT2D eigenvalue weighted by Gasteiger charge is -2.30. The van der Waals surface area contributed by atoms with Crippen LogP contribution in [-0.2, 0) is 4.79 Å². The largest absolute Gasteiger partial charge is 0.492 e. The van der Waals surface area contributed by atoms with Gasteiger partial charge in [-0.25, -0.2) is 4.79 Å². The van der Waals surface area contributed by atoms with Crippen molar-refractivity contribution >= 4 is 12.0 Å². The molecule has 0 bridgehead atoms. The summed E-state index contributed by atoms with van der Waals surface area (Å²) in [4.78, 5) is 24.5. The van der Waals surface area contributed by atoms with E-state index in [1.807, 2.05) is 30.3 Å². The molecule has 1 heterocycles. The van der Waals surface area contributed by atoms with Crippen LogP contribution in [0.3, 0.4) is 0 Å². The van der Waals surface area contributed by atoms with Crippen LogP contribution in [0.4, 0.5) is 4.79 Å². The second kappa shape index (κ2) is 7.52. The zero-order valence-electron chi connectivity index (χ0n) is 11.8. The van der Waals surface area contributed by atoms with Crippen LogP contribution in [0.5, 0.6) is 5.75 Å². The number of rotatable bonds is 5. The number of carbonyl (C=O) groups is 2. The van der Waals surface area contributed by atoms with Crippen molar-refractivity contribution in [2.45, 2.75) is 12.8 Å². The maximum atomic E-state index is 11.9. The fourth-order valence-corrected chi connectivity index (χ4v) is 2.32. The van der Waals surface area contributed by atoms with E-state index in [-0.39, 0.29) is 12.6 Å². The Bertz CT molecular complexity index is 478. The molecule has 0 spiro atoms. The fourth-order valence-electron chi connectivity index (χ4n) is 2.32. The van der Waals surface area contributed by atoms with Crippen molar-refractivity contribution in [3.8, 4) is 5.75 Å². The number of carboxylic acids is 1. The first-order valence-electron chi connectivity index (χ1n) is 7.10. The Balaban J connectivity index is 1.68. The van der Waals surface area contributed by atoms with Crippen LogP contribution in [-0.4, -0.2) is 48.2 Å². The summed E-state index contributed by atoms with van der Waals surface area (Å²) in [5, 5.41) is 11.8. The molecular weight excluding hydrogens is 272 g/mol. The normalized spacial score (nSPS) is 18.1. The number of benzene rings is 1. The molecular formula is C15H20N2O4. The van der Waals surface area contributed by atoms with Crippen LogP contribution in [0.25, 0.3) is 0 Å². The number of hydrogen-bond acceptors (Lipinski definition) is 3. The van der Waals surface area contributed by atoms with Crippen LogP contribution in [0.2, 0.25) is 0 Å². The van der Waals surface area contributed by atoms with Gasteiger partial charge in [0.1, 0.15) is 12.4 Å². The summed E-state index contributed by atoms with van der Waals surface area (Å²) in [7, 11) is 0. The highest BCUT2D eigenvalue weighted by Crippen LogP contribution is 2.16. The molecule has 6 nitrogen and oxygen atoms in total. The first kappa shape index (κ1) is 15.2. The number of urea groups is 1. The first-order chi connectivity index (χ1) is 10.2. The highest BCUT2D eigenvalue weighted by Gasteiger charge is 2.27. The van der Waals surface area contributed by atoms with E-state index >= 15 is 0 Å². The Morgan fingerprint density at radius 3 is 2.81 bits per heavy atom. The van der Waals surface area contributed by atoms with Crippen molar-refractivity contribution in [1.82, 2.24) is 10.2 Å².